The molecule has 2 N–H and O–H groups in total. The van der Waals surface area contributed by atoms with Gasteiger partial charge in [0.15, 0.2) is 0 Å². The van der Waals surface area contributed by atoms with E-state index in [0.717, 1.165) is 18.5 Å². The summed E-state index contributed by atoms with van der Waals surface area (Å²) in [4.78, 5) is 0. The molecular formula is C14H19N3. The fourth-order valence-corrected chi connectivity index (χ4v) is 2.08. The Morgan fingerprint density at radius 2 is 1.94 bits per heavy atom. The van der Waals surface area contributed by atoms with Crippen LogP contribution in [-0.4, -0.2) is 9.78 Å². The van der Waals surface area contributed by atoms with Gasteiger partial charge in [0.2, 0.25) is 0 Å². The van der Waals surface area contributed by atoms with Crippen LogP contribution in [0, 0.1) is 0 Å². The molecule has 2 aromatic rings. The van der Waals surface area contributed by atoms with Crippen LogP contribution in [0.15, 0.2) is 42.6 Å². The van der Waals surface area contributed by atoms with Crippen molar-refractivity contribution in [3.63, 3.8) is 0 Å². The molecule has 17 heavy (non-hydrogen) atoms. The van der Waals surface area contributed by atoms with Gasteiger partial charge in [0.25, 0.3) is 0 Å². The molecule has 3 nitrogen and oxygen atoms in total. The Bertz CT molecular complexity index is 475. The summed E-state index contributed by atoms with van der Waals surface area (Å²) in [5, 5.41) is 4.41. The first-order valence-electron chi connectivity index (χ1n) is 5.97. The zero-order valence-corrected chi connectivity index (χ0v) is 10.4. The van der Waals surface area contributed by atoms with E-state index in [0.29, 0.717) is 0 Å². The number of hydrogen-bond donors (Lipinski definition) is 1. The average Bonchev–Trinajstić information content (AvgIpc) is 2.75. The summed E-state index contributed by atoms with van der Waals surface area (Å²) in [6.45, 7) is 2.12. The molecule has 90 valence electrons. The number of nitrogens with zero attached hydrogens (tertiary/aromatic N) is 2. The van der Waals surface area contributed by atoms with Crippen LogP contribution in [0.5, 0.6) is 0 Å². The number of nitrogens with two attached hydrogens (primary N) is 1. The van der Waals surface area contributed by atoms with E-state index >= 15 is 0 Å². The number of aromatic nitrogens is 2. The minimum Gasteiger partial charge on any atom is -0.321 e. The zero-order valence-electron chi connectivity index (χ0n) is 10.4. The van der Waals surface area contributed by atoms with Crippen molar-refractivity contribution in [1.29, 1.82) is 0 Å². The molecule has 0 amide bonds. The highest BCUT2D eigenvalue weighted by Gasteiger charge is 2.26. The van der Waals surface area contributed by atoms with Crippen molar-refractivity contribution in [1.82, 2.24) is 9.78 Å². The highest BCUT2D eigenvalue weighted by atomic mass is 15.2. The molecule has 1 aromatic heterocycles. The molecule has 0 bridgehead atoms. The lowest BCUT2D eigenvalue weighted by atomic mass is 9.84. The number of hydrogen-bond acceptors (Lipinski definition) is 2. The largest absolute Gasteiger partial charge is 0.321 e. The van der Waals surface area contributed by atoms with Gasteiger partial charge in [-0.3, -0.25) is 4.68 Å². The molecule has 1 heterocycles. The first-order valence-corrected chi connectivity index (χ1v) is 5.97. The monoisotopic (exact) mass is 229 g/mol. The summed E-state index contributed by atoms with van der Waals surface area (Å²) < 4.78 is 1.82. The quantitative estimate of drug-likeness (QED) is 0.873. The average molecular weight is 229 g/mol. The van der Waals surface area contributed by atoms with Gasteiger partial charge in [-0.2, -0.15) is 5.10 Å². The SMILES string of the molecule is CCC(N)(Cc1ccn(C)n1)c1ccccc1. The lowest BCUT2D eigenvalue weighted by molar-refractivity contribution is 0.418. The Kier molecular flexibility index (Phi) is 3.29. The van der Waals surface area contributed by atoms with Crippen molar-refractivity contribution in [2.24, 2.45) is 12.8 Å². The first kappa shape index (κ1) is 11.9. The summed E-state index contributed by atoms with van der Waals surface area (Å²) >= 11 is 0. The van der Waals surface area contributed by atoms with Crippen molar-refractivity contribution in [2.45, 2.75) is 25.3 Å². The third kappa shape index (κ3) is 2.56. The van der Waals surface area contributed by atoms with E-state index in [1.807, 2.05) is 42.2 Å². The third-order valence-corrected chi connectivity index (χ3v) is 3.25. The highest BCUT2D eigenvalue weighted by molar-refractivity contribution is 5.26. The smallest absolute Gasteiger partial charge is 0.0646 e. The minimum absolute atomic E-state index is 0.324. The predicted octanol–water partition coefficient (Wildman–Crippen LogP) is 2.23. The number of benzene rings is 1. The Morgan fingerprint density at radius 3 is 2.47 bits per heavy atom. The summed E-state index contributed by atoms with van der Waals surface area (Å²) in [5.74, 6) is 0. The van der Waals surface area contributed by atoms with Gasteiger partial charge >= 0.3 is 0 Å². The van der Waals surface area contributed by atoms with E-state index in [9.17, 15) is 0 Å². The molecule has 0 radical (unpaired) electrons. The normalized spacial score (nSPS) is 14.5. The van der Waals surface area contributed by atoms with Gasteiger partial charge in [-0.1, -0.05) is 37.3 Å². The minimum atomic E-state index is -0.324. The van der Waals surface area contributed by atoms with Crippen LogP contribution >= 0.6 is 0 Å². The molecule has 0 saturated heterocycles. The van der Waals surface area contributed by atoms with E-state index < -0.39 is 0 Å². The van der Waals surface area contributed by atoms with Crippen molar-refractivity contribution in [2.75, 3.05) is 0 Å². The molecule has 0 spiro atoms. The van der Waals surface area contributed by atoms with Gasteiger partial charge in [0.05, 0.1) is 5.69 Å². The van der Waals surface area contributed by atoms with Crippen LogP contribution in [-0.2, 0) is 19.0 Å². The van der Waals surface area contributed by atoms with E-state index in [1.54, 1.807) is 0 Å². The maximum absolute atomic E-state index is 6.51. The maximum Gasteiger partial charge on any atom is 0.0646 e. The molecule has 2 rings (SSSR count). The van der Waals surface area contributed by atoms with E-state index in [1.165, 1.54) is 5.56 Å². The van der Waals surface area contributed by atoms with Crippen molar-refractivity contribution < 1.29 is 0 Å². The molecule has 1 aromatic carbocycles. The van der Waals surface area contributed by atoms with Gasteiger partial charge in [-0.15, -0.1) is 0 Å². The second-order valence-electron chi connectivity index (χ2n) is 4.53. The summed E-state index contributed by atoms with van der Waals surface area (Å²) in [6, 6.07) is 12.3. The summed E-state index contributed by atoms with van der Waals surface area (Å²) in [7, 11) is 1.93. The molecule has 0 aliphatic heterocycles. The molecule has 0 aliphatic rings. The fraction of sp³-hybridized carbons (Fsp3) is 0.357. The van der Waals surface area contributed by atoms with Gasteiger partial charge < -0.3 is 5.73 Å². The zero-order chi connectivity index (χ0) is 12.3. The number of rotatable bonds is 4. The summed E-state index contributed by atoms with van der Waals surface area (Å²) in [6.07, 6.45) is 3.62. The van der Waals surface area contributed by atoms with Gasteiger partial charge in [-0.05, 0) is 18.1 Å². The molecule has 0 fully saturated rings. The van der Waals surface area contributed by atoms with Crippen LogP contribution in [0.4, 0.5) is 0 Å². The standard InChI is InChI=1S/C14H19N3/c1-3-14(15,12-7-5-4-6-8-12)11-13-9-10-17(2)16-13/h4-10H,3,11,15H2,1-2H3. The molecule has 1 unspecified atom stereocenters. The molecule has 1 atom stereocenters. The van der Waals surface area contributed by atoms with Crippen LogP contribution in [0.2, 0.25) is 0 Å². The third-order valence-electron chi connectivity index (χ3n) is 3.25. The molecular weight excluding hydrogens is 210 g/mol. The van der Waals surface area contributed by atoms with E-state index in [-0.39, 0.29) is 5.54 Å². The first-order chi connectivity index (χ1) is 8.14. The van der Waals surface area contributed by atoms with E-state index in [2.05, 4.69) is 24.2 Å². The Balaban J connectivity index is 2.26. The van der Waals surface area contributed by atoms with Crippen molar-refractivity contribution >= 4 is 0 Å². The Labute approximate surface area is 102 Å². The van der Waals surface area contributed by atoms with Crippen LogP contribution in [0.25, 0.3) is 0 Å². The second-order valence-corrected chi connectivity index (χ2v) is 4.53. The number of aryl methyl sites for hydroxylation is 1. The van der Waals surface area contributed by atoms with Crippen LogP contribution < -0.4 is 5.73 Å². The topological polar surface area (TPSA) is 43.8 Å². The molecule has 0 saturated carbocycles. The lowest BCUT2D eigenvalue weighted by Crippen LogP contribution is -2.38. The van der Waals surface area contributed by atoms with Gasteiger partial charge in [0, 0.05) is 25.2 Å². The lowest BCUT2D eigenvalue weighted by Gasteiger charge is -2.28. The summed E-state index contributed by atoms with van der Waals surface area (Å²) in [5.41, 5.74) is 8.40. The van der Waals surface area contributed by atoms with Crippen molar-refractivity contribution in [3.8, 4) is 0 Å². The van der Waals surface area contributed by atoms with Crippen LogP contribution in [0.1, 0.15) is 24.6 Å². The molecule has 3 heteroatoms. The maximum atomic E-state index is 6.51. The Hall–Kier alpha value is -1.61. The van der Waals surface area contributed by atoms with Gasteiger partial charge in [0.1, 0.15) is 0 Å². The Morgan fingerprint density at radius 1 is 1.24 bits per heavy atom. The fourth-order valence-electron chi connectivity index (χ4n) is 2.08. The highest BCUT2D eigenvalue weighted by Crippen LogP contribution is 2.25. The van der Waals surface area contributed by atoms with Gasteiger partial charge in [-0.25, -0.2) is 0 Å². The van der Waals surface area contributed by atoms with E-state index in [4.69, 9.17) is 5.73 Å². The predicted molar refractivity (Wildman–Crippen MR) is 69.5 cm³/mol. The van der Waals surface area contributed by atoms with Crippen LogP contribution in [0.3, 0.4) is 0 Å². The second kappa shape index (κ2) is 4.72. The van der Waals surface area contributed by atoms with Crippen molar-refractivity contribution in [3.05, 3.63) is 53.9 Å². The molecule has 0 aliphatic carbocycles.